The van der Waals surface area contributed by atoms with Gasteiger partial charge in [-0.3, -0.25) is 4.98 Å². The molecular formula is C14H14BrNO2. The molecule has 1 heterocycles. The van der Waals surface area contributed by atoms with Crippen molar-refractivity contribution in [2.45, 2.75) is 26.2 Å². The lowest BCUT2D eigenvalue weighted by atomic mass is 9.83. The van der Waals surface area contributed by atoms with Crippen LogP contribution in [0.3, 0.4) is 0 Å². The van der Waals surface area contributed by atoms with Gasteiger partial charge in [0.2, 0.25) is 0 Å². The smallest absolute Gasteiger partial charge is 0.336 e. The van der Waals surface area contributed by atoms with Gasteiger partial charge in [-0.05, 0) is 29.2 Å². The van der Waals surface area contributed by atoms with Gasteiger partial charge in [-0.15, -0.1) is 0 Å². The molecule has 4 heteroatoms. The number of carboxylic acids is 1. The summed E-state index contributed by atoms with van der Waals surface area (Å²) in [5.41, 5.74) is 1.54. The summed E-state index contributed by atoms with van der Waals surface area (Å²) in [5.74, 6) is -0.912. The molecule has 0 aliphatic carbocycles. The molecule has 3 nitrogen and oxygen atoms in total. The quantitative estimate of drug-likeness (QED) is 0.866. The first kappa shape index (κ1) is 13.0. The van der Waals surface area contributed by atoms with Crippen LogP contribution in [0, 0.1) is 0 Å². The SMILES string of the molecule is CC(C)(C)c1cnc2ccc(Br)cc2c1C(=O)O. The second kappa shape index (κ2) is 4.35. The van der Waals surface area contributed by atoms with Crippen LogP contribution in [0.4, 0.5) is 0 Å². The zero-order valence-electron chi connectivity index (χ0n) is 10.5. The van der Waals surface area contributed by atoms with Crippen molar-refractivity contribution in [3.63, 3.8) is 0 Å². The summed E-state index contributed by atoms with van der Waals surface area (Å²) in [6, 6.07) is 5.48. The van der Waals surface area contributed by atoms with Crippen molar-refractivity contribution in [3.05, 3.63) is 40.0 Å². The molecule has 94 valence electrons. The van der Waals surface area contributed by atoms with Crippen LogP contribution in [0.2, 0.25) is 0 Å². The van der Waals surface area contributed by atoms with Gasteiger partial charge in [-0.1, -0.05) is 36.7 Å². The average Bonchev–Trinajstić information content (AvgIpc) is 2.25. The minimum atomic E-state index is -0.912. The number of aromatic nitrogens is 1. The van der Waals surface area contributed by atoms with E-state index in [-0.39, 0.29) is 5.41 Å². The van der Waals surface area contributed by atoms with Gasteiger partial charge in [0.05, 0.1) is 11.1 Å². The molecular weight excluding hydrogens is 294 g/mol. The van der Waals surface area contributed by atoms with Crippen molar-refractivity contribution in [2.24, 2.45) is 0 Å². The number of halogens is 1. The molecule has 18 heavy (non-hydrogen) atoms. The Hall–Kier alpha value is -1.42. The Morgan fingerprint density at radius 2 is 2.00 bits per heavy atom. The van der Waals surface area contributed by atoms with Crippen molar-refractivity contribution in [1.29, 1.82) is 0 Å². The Bertz CT molecular complexity index is 629. The van der Waals surface area contributed by atoms with E-state index >= 15 is 0 Å². The van der Waals surface area contributed by atoms with Gasteiger partial charge in [0.1, 0.15) is 0 Å². The minimum absolute atomic E-state index is 0.253. The molecule has 0 unspecified atom stereocenters. The molecule has 1 aromatic carbocycles. The highest BCUT2D eigenvalue weighted by Gasteiger charge is 2.24. The van der Waals surface area contributed by atoms with Crippen molar-refractivity contribution >= 4 is 32.8 Å². The maximum absolute atomic E-state index is 11.6. The topological polar surface area (TPSA) is 50.2 Å². The zero-order chi connectivity index (χ0) is 13.5. The largest absolute Gasteiger partial charge is 0.478 e. The Balaban J connectivity index is 2.90. The Morgan fingerprint density at radius 1 is 1.33 bits per heavy atom. The van der Waals surface area contributed by atoms with E-state index in [1.165, 1.54) is 0 Å². The fraction of sp³-hybridized carbons (Fsp3) is 0.286. The lowest BCUT2D eigenvalue weighted by molar-refractivity contribution is 0.0696. The summed E-state index contributed by atoms with van der Waals surface area (Å²) in [6.07, 6.45) is 1.67. The fourth-order valence-electron chi connectivity index (χ4n) is 1.96. The van der Waals surface area contributed by atoms with Crippen LogP contribution in [0.25, 0.3) is 10.9 Å². The summed E-state index contributed by atoms with van der Waals surface area (Å²) in [5, 5.41) is 10.1. The number of carbonyl (C=O) groups is 1. The molecule has 0 atom stereocenters. The molecule has 0 fully saturated rings. The van der Waals surface area contributed by atoms with Gasteiger partial charge < -0.3 is 5.11 Å². The number of carboxylic acid groups (broad SMARTS) is 1. The first-order chi connectivity index (χ1) is 8.30. The molecule has 1 N–H and O–H groups in total. The molecule has 0 amide bonds. The predicted molar refractivity (Wildman–Crippen MR) is 75.1 cm³/mol. The van der Waals surface area contributed by atoms with Gasteiger partial charge in [0.15, 0.2) is 0 Å². The molecule has 2 rings (SSSR count). The standard InChI is InChI=1S/C14H14BrNO2/c1-14(2,3)10-7-16-11-5-4-8(15)6-9(11)12(10)13(17)18/h4-7H,1-3H3,(H,17,18). The second-order valence-corrected chi connectivity index (χ2v) is 6.18. The summed E-state index contributed by atoms with van der Waals surface area (Å²) >= 11 is 3.37. The van der Waals surface area contributed by atoms with Crippen LogP contribution >= 0.6 is 15.9 Å². The third-order valence-electron chi connectivity index (χ3n) is 2.85. The predicted octanol–water partition coefficient (Wildman–Crippen LogP) is 3.99. The van der Waals surface area contributed by atoms with Gasteiger partial charge >= 0.3 is 5.97 Å². The molecule has 0 saturated heterocycles. The molecule has 0 bridgehead atoms. The van der Waals surface area contributed by atoms with E-state index in [1.807, 2.05) is 32.9 Å². The normalized spacial score (nSPS) is 11.8. The Kier molecular flexibility index (Phi) is 3.15. The van der Waals surface area contributed by atoms with E-state index in [1.54, 1.807) is 12.3 Å². The van der Waals surface area contributed by atoms with Crippen molar-refractivity contribution in [3.8, 4) is 0 Å². The van der Waals surface area contributed by atoms with Gasteiger partial charge in [0.25, 0.3) is 0 Å². The monoisotopic (exact) mass is 307 g/mol. The third-order valence-corrected chi connectivity index (χ3v) is 3.35. The van der Waals surface area contributed by atoms with E-state index < -0.39 is 5.97 Å². The molecule has 0 radical (unpaired) electrons. The van der Waals surface area contributed by atoms with Crippen molar-refractivity contribution < 1.29 is 9.90 Å². The number of rotatable bonds is 1. The summed E-state index contributed by atoms with van der Waals surface area (Å²) < 4.78 is 0.852. The number of nitrogens with zero attached hydrogens (tertiary/aromatic N) is 1. The van der Waals surface area contributed by atoms with Crippen molar-refractivity contribution in [2.75, 3.05) is 0 Å². The maximum atomic E-state index is 11.6. The van der Waals surface area contributed by atoms with E-state index in [0.717, 1.165) is 10.0 Å². The number of pyridine rings is 1. The number of aromatic carboxylic acids is 1. The summed E-state index contributed by atoms with van der Waals surface area (Å²) in [7, 11) is 0. The number of hydrogen-bond acceptors (Lipinski definition) is 2. The van der Waals surface area contributed by atoms with Crippen LogP contribution < -0.4 is 0 Å². The highest BCUT2D eigenvalue weighted by atomic mass is 79.9. The first-order valence-electron chi connectivity index (χ1n) is 5.63. The molecule has 1 aromatic heterocycles. The van der Waals surface area contributed by atoms with Gasteiger partial charge in [-0.2, -0.15) is 0 Å². The summed E-state index contributed by atoms with van der Waals surface area (Å²) in [6.45, 7) is 5.96. The molecule has 0 aliphatic heterocycles. The van der Waals surface area contributed by atoms with Crippen LogP contribution in [0.1, 0.15) is 36.7 Å². The van der Waals surface area contributed by atoms with Crippen LogP contribution in [0.5, 0.6) is 0 Å². The van der Waals surface area contributed by atoms with Gasteiger partial charge in [-0.25, -0.2) is 4.79 Å². The van der Waals surface area contributed by atoms with Crippen LogP contribution in [0.15, 0.2) is 28.9 Å². The number of fused-ring (bicyclic) bond motifs is 1. The van der Waals surface area contributed by atoms with Crippen molar-refractivity contribution in [1.82, 2.24) is 4.98 Å². The van der Waals surface area contributed by atoms with E-state index in [9.17, 15) is 9.90 Å². The lowest BCUT2D eigenvalue weighted by Gasteiger charge is -2.21. The third kappa shape index (κ3) is 2.25. The maximum Gasteiger partial charge on any atom is 0.336 e. The molecule has 0 spiro atoms. The van der Waals surface area contributed by atoms with E-state index in [2.05, 4.69) is 20.9 Å². The fourth-order valence-corrected chi connectivity index (χ4v) is 2.32. The van der Waals surface area contributed by atoms with Crippen LogP contribution in [-0.4, -0.2) is 16.1 Å². The minimum Gasteiger partial charge on any atom is -0.478 e. The van der Waals surface area contributed by atoms with Crippen LogP contribution in [-0.2, 0) is 5.41 Å². The number of benzene rings is 1. The zero-order valence-corrected chi connectivity index (χ0v) is 12.1. The summed E-state index contributed by atoms with van der Waals surface area (Å²) in [4.78, 5) is 15.9. The molecule has 0 aliphatic rings. The average molecular weight is 308 g/mol. The number of hydrogen-bond donors (Lipinski definition) is 1. The first-order valence-corrected chi connectivity index (χ1v) is 6.42. The molecule has 2 aromatic rings. The lowest BCUT2D eigenvalue weighted by Crippen LogP contribution is -2.17. The Labute approximate surface area is 114 Å². The Morgan fingerprint density at radius 3 is 2.56 bits per heavy atom. The van der Waals surface area contributed by atoms with E-state index in [4.69, 9.17) is 0 Å². The van der Waals surface area contributed by atoms with Gasteiger partial charge in [0, 0.05) is 16.1 Å². The highest BCUT2D eigenvalue weighted by molar-refractivity contribution is 9.10. The highest BCUT2D eigenvalue weighted by Crippen LogP contribution is 2.31. The second-order valence-electron chi connectivity index (χ2n) is 5.26. The molecule has 0 saturated carbocycles. The van der Waals surface area contributed by atoms with E-state index in [0.29, 0.717) is 16.5 Å².